The molecule has 1 fully saturated rings. The fourth-order valence-electron chi connectivity index (χ4n) is 2.64. The lowest BCUT2D eigenvalue weighted by molar-refractivity contribution is -0.117. The summed E-state index contributed by atoms with van der Waals surface area (Å²) in [6, 6.07) is 10.3. The SMILES string of the molecule is CCOc1ccc(N2C[C@H](NC(=O)c3ccc(Br)o3)CC2=O)cc1. The minimum Gasteiger partial charge on any atom is -0.494 e. The van der Waals surface area contributed by atoms with Crippen molar-refractivity contribution in [2.45, 2.75) is 19.4 Å². The van der Waals surface area contributed by atoms with Crippen molar-refractivity contribution in [2.24, 2.45) is 0 Å². The van der Waals surface area contributed by atoms with Crippen molar-refractivity contribution in [3.63, 3.8) is 0 Å². The van der Waals surface area contributed by atoms with Crippen LogP contribution in [0.2, 0.25) is 0 Å². The predicted molar refractivity (Wildman–Crippen MR) is 92.2 cm³/mol. The van der Waals surface area contributed by atoms with Gasteiger partial charge in [-0.3, -0.25) is 9.59 Å². The van der Waals surface area contributed by atoms with Gasteiger partial charge in [0.15, 0.2) is 10.4 Å². The van der Waals surface area contributed by atoms with Crippen LogP contribution in [0.25, 0.3) is 0 Å². The largest absolute Gasteiger partial charge is 0.494 e. The zero-order chi connectivity index (χ0) is 17.1. The van der Waals surface area contributed by atoms with E-state index in [2.05, 4.69) is 21.2 Å². The molecule has 0 saturated carbocycles. The fourth-order valence-corrected chi connectivity index (χ4v) is 2.94. The number of amides is 2. The number of halogens is 1. The third-order valence-electron chi connectivity index (χ3n) is 3.72. The molecule has 0 unspecified atom stereocenters. The third kappa shape index (κ3) is 3.62. The maximum atomic E-state index is 12.2. The zero-order valence-corrected chi connectivity index (χ0v) is 14.7. The molecule has 2 aromatic rings. The summed E-state index contributed by atoms with van der Waals surface area (Å²) in [5.74, 6) is 0.632. The first-order chi connectivity index (χ1) is 11.6. The predicted octanol–water partition coefficient (Wildman–Crippen LogP) is 2.98. The number of carbonyl (C=O) groups is 2. The van der Waals surface area contributed by atoms with Gasteiger partial charge in [-0.1, -0.05) is 0 Å². The highest BCUT2D eigenvalue weighted by atomic mass is 79.9. The van der Waals surface area contributed by atoms with Crippen LogP contribution in [0.3, 0.4) is 0 Å². The van der Waals surface area contributed by atoms with Gasteiger partial charge in [-0.2, -0.15) is 0 Å². The Morgan fingerprint density at radius 3 is 2.71 bits per heavy atom. The van der Waals surface area contributed by atoms with Gasteiger partial charge in [0.2, 0.25) is 5.91 Å². The number of nitrogens with one attached hydrogen (secondary N) is 1. The number of furan rings is 1. The van der Waals surface area contributed by atoms with Gasteiger partial charge >= 0.3 is 0 Å². The molecule has 3 rings (SSSR count). The molecule has 2 amide bonds. The van der Waals surface area contributed by atoms with E-state index in [-0.39, 0.29) is 30.0 Å². The van der Waals surface area contributed by atoms with E-state index in [4.69, 9.17) is 9.15 Å². The normalized spacial score (nSPS) is 17.2. The Bertz CT molecular complexity index is 741. The zero-order valence-electron chi connectivity index (χ0n) is 13.1. The molecule has 24 heavy (non-hydrogen) atoms. The molecular formula is C17H17BrN2O4. The Balaban J connectivity index is 1.64. The van der Waals surface area contributed by atoms with Gasteiger partial charge in [0.1, 0.15) is 5.75 Å². The number of carbonyl (C=O) groups excluding carboxylic acids is 2. The van der Waals surface area contributed by atoms with Crippen molar-refractivity contribution in [2.75, 3.05) is 18.1 Å². The number of rotatable bonds is 5. The van der Waals surface area contributed by atoms with Crippen molar-refractivity contribution in [1.29, 1.82) is 0 Å². The van der Waals surface area contributed by atoms with Crippen LogP contribution in [0.15, 0.2) is 45.5 Å². The molecule has 1 N–H and O–H groups in total. The van der Waals surface area contributed by atoms with E-state index in [1.807, 2.05) is 31.2 Å². The average molecular weight is 393 g/mol. The molecule has 0 bridgehead atoms. The van der Waals surface area contributed by atoms with Gasteiger partial charge in [0, 0.05) is 18.7 Å². The minimum atomic E-state index is -0.327. The quantitative estimate of drug-likeness (QED) is 0.848. The topological polar surface area (TPSA) is 71.8 Å². The van der Waals surface area contributed by atoms with Crippen molar-refractivity contribution in [1.82, 2.24) is 5.32 Å². The fraction of sp³-hybridized carbons (Fsp3) is 0.294. The molecule has 0 aliphatic carbocycles. The average Bonchev–Trinajstić information content (AvgIpc) is 3.14. The molecule has 0 radical (unpaired) electrons. The Kier molecular flexibility index (Phi) is 4.89. The molecule has 1 saturated heterocycles. The number of anilines is 1. The minimum absolute atomic E-state index is 0.0231. The van der Waals surface area contributed by atoms with Gasteiger partial charge in [0.25, 0.3) is 5.91 Å². The second-order valence-corrected chi connectivity index (χ2v) is 6.19. The molecule has 1 aromatic heterocycles. The van der Waals surface area contributed by atoms with Crippen molar-refractivity contribution in [3.8, 4) is 5.75 Å². The van der Waals surface area contributed by atoms with E-state index in [9.17, 15) is 9.59 Å². The van der Waals surface area contributed by atoms with E-state index in [1.54, 1.807) is 17.0 Å². The lowest BCUT2D eigenvalue weighted by atomic mass is 10.2. The first-order valence-electron chi connectivity index (χ1n) is 7.66. The van der Waals surface area contributed by atoms with Gasteiger partial charge in [0.05, 0.1) is 12.6 Å². The number of ether oxygens (including phenoxy) is 1. The van der Waals surface area contributed by atoms with Crippen molar-refractivity contribution < 1.29 is 18.7 Å². The van der Waals surface area contributed by atoms with Gasteiger partial charge in [-0.25, -0.2) is 0 Å². The van der Waals surface area contributed by atoms with E-state index in [0.29, 0.717) is 17.8 Å². The highest BCUT2D eigenvalue weighted by molar-refractivity contribution is 9.10. The Morgan fingerprint density at radius 2 is 2.08 bits per heavy atom. The van der Waals surface area contributed by atoms with Crippen LogP contribution in [0.5, 0.6) is 5.75 Å². The molecule has 1 aliphatic rings. The summed E-state index contributed by atoms with van der Waals surface area (Å²) in [6.07, 6.45) is 0.265. The van der Waals surface area contributed by atoms with Crippen LogP contribution in [0.1, 0.15) is 23.9 Å². The van der Waals surface area contributed by atoms with Gasteiger partial charge in [-0.15, -0.1) is 0 Å². The molecule has 0 spiro atoms. The Labute approximate surface area is 147 Å². The first kappa shape index (κ1) is 16.6. The van der Waals surface area contributed by atoms with Crippen LogP contribution >= 0.6 is 15.9 Å². The number of hydrogen-bond acceptors (Lipinski definition) is 4. The van der Waals surface area contributed by atoms with Gasteiger partial charge in [-0.05, 0) is 59.3 Å². The van der Waals surface area contributed by atoms with E-state index in [0.717, 1.165) is 11.4 Å². The first-order valence-corrected chi connectivity index (χ1v) is 8.45. The highest BCUT2D eigenvalue weighted by Gasteiger charge is 2.32. The standard InChI is InChI=1S/C17H17BrN2O4/c1-2-23-13-5-3-12(4-6-13)20-10-11(9-16(20)21)19-17(22)14-7-8-15(18)24-14/h3-8,11H,2,9-10H2,1H3,(H,19,22)/t11-/m1/s1. The van der Waals surface area contributed by atoms with E-state index in [1.165, 1.54) is 0 Å². The van der Waals surface area contributed by atoms with Crippen LogP contribution < -0.4 is 15.0 Å². The van der Waals surface area contributed by atoms with Crippen molar-refractivity contribution >= 4 is 33.4 Å². The van der Waals surface area contributed by atoms with Crippen LogP contribution in [-0.4, -0.2) is 31.0 Å². The number of hydrogen-bond donors (Lipinski definition) is 1. The van der Waals surface area contributed by atoms with Crippen molar-refractivity contribution in [3.05, 3.63) is 46.8 Å². The van der Waals surface area contributed by atoms with E-state index < -0.39 is 0 Å². The molecule has 1 atom stereocenters. The lowest BCUT2D eigenvalue weighted by Gasteiger charge is -2.17. The summed E-state index contributed by atoms with van der Waals surface area (Å²) in [5.41, 5.74) is 0.793. The van der Waals surface area contributed by atoms with Crippen LogP contribution in [0, 0.1) is 0 Å². The summed E-state index contributed by atoms with van der Waals surface area (Å²) in [4.78, 5) is 26.0. The summed E-state index contributed by atoms with van der Waals surface area (Å²) in [5, 5.41) is 2.83. The molecular weight excluding hydrogens is 376 g/mol. The Hall–Kier alpha value is -2.28. The highest BCUT2D eigenvalue weighted by Crippen LogP contribution is 2.24. The number of benzene rings is 1. The Morgan fingerprint density at radius 1 is 1.33 bits per heavy atom. The lowest BCUT2D eigenvalue weighted by Crippen LogP contribution is -2.37. The summed E-state index contributed by atoms with van der Waals surface area (Å²) in [7, 11) is 0. The molecule has 7 heteroatoms. The molecule has 2 heterocycles. The van der Waals surface area contributed by atoms with Crippen LogP contribution in [0.4, 0.5) is 5.69 Å². The maximum Gasteiger partial charge on any atom is 0.287 e. The molecule has 1 aliphatic heterocycles. The van der Waals surface area contributed by atoms with Gasteiger partial charge < -0.3 is 19.4 Å². The molecule has 1 aromatic carbocycles. The molecule has 6 nitrogen and oxygen atoms in total. The summed E-state index contributed by atoms with van der Waals surface area (Å²) >= 11 is 3.16. The maximum absolute atomic E-state index is 12.2. The molecule has 126 valence electrons. The second-order valence-electron chi connectivity index (χ2n) is 5.41. The second kappa shape index (κ2) is 7.09. The van der Waals surface area contributed by atoms with Crippen LogP contribution in [-0.2, 0) is 4.79 Å². The third-order valence-corrected chi connectivity index (χ3v) is 4.14. The smallest absolute Gasteiger partial charge is 0.287 e. The van der Waals surface area contributed by atoms with E-state index >= 15 is 0 Å². The summed E-state index contributed by atoms with van der Waals surface area (Å²) in [6.45, 7) is 2.95. The monoisotopic (exact) mass is 392 g/mol. The summed E-state index contributed by atoms with van der Waals surface area (Å²) < 4.78 is 11.1. The number of nitrogens with zero attached hydrogens (tertiary/aromatic N) is 1.